The second-order valence-corrected chi connectivity index (χ2v) is 2.92. The number of aliphatic hydroxyl groups excluding tert-OH is 1. The highest BCUT2D eigenvalue weighted by Gasteiger charge is 2.11. The van der Waals surface area contributed by atoms with Crippen LogP contribution in [0.5, 0.6) is 0 Å². The summed E-state index contributed by atoms with van der Waals surface area (Å²) in [6.07, 6.45) is -0.733. The van der Waals surface area contributed by atoms with Crippen LogP contribution in [0.15, 0.2) is 12.1 Å². The molecule has 0 spiro atoms. The summed E-state index contributed by atoms with van der Waals surface area (Å²) in [5.74, 6) is -0.571. The molecule has 0 fully saturated rings. The first kappa shape index (κ1) is 12.5. The lowest BCUT2D eigenvalue weighted by Crippen LogP contribution is -2.00. The lowest BCUT2D eigenvalue weighted by atomic mass is 10.1. The van der Waals surface area contributed by atoms with Crippen LogP contribution in [0.2, 0.25) is 5.02 Å². The first-order valence-corrected chi connectivity index (χ1v) is 3.83. The summed E-state index contributed by atoms with van der Waals surface area (Å²) in [6, 6.07) is 2.60. The highest BCUT2D eigenvalue weighted by molar-refractivity contribution is 6.33. The molecule has 0 saturated heterocycles. The predicted octanol–water partition coefficient (Wildman–Crippen LogP) is 2.54. The molecule has 2 nitrogen and oxygen atoms in total. The second kappa shape index (κ2) is 4.65. The molecule has 13 heavy (non-hydrogen) atoms. The molecule has 0 saturated carbocycles. The molecule has 0 aromatic heterocycles. The van der Waals surface area contributed by atoms with Gasteiger partial charge in [-0.15, -0.1) is 12.4 Å². The number of anilines is 1. The maximum Gasteiger partial charge on any atom is 0.143 e. The number of halogens is 3. The van der Waals surface area contributed by atoms with E-state index >= 15 is 0 Å². The van der Waals surface area contributed by atoms with Crippen LogP contribution in [-0.2, 0) is 0 Å². The van der Waals surface area contributed by atoms with Gasteiger partial charge >= 0.3 is 0 Å². The van der Waals surface area contributed by atoms with Gasteiger partial charge in [0.15, 0.2) is 0 Å². The predicted molar refractivity (Wildman–Crippen MR) is 53.7 cm³/mol. The molecule has 0 amide bonds. The molecule has 0 aliphatic carbocycles. The molecule has 1 atom stereocenters. The minimum atomic E-state index is -0.733. The molecule has 0 unspecified atom stereocenters. The highest BCUT2D eigenvalue weighted by Crippen LogP contribution is 2.29. The molecule has 1 aromatic rings. The molecule has 0 heterocycles. The highest BCUT2D eigenvalue weighted by atomic mass is 35.5. The quantitative estimate of drug-likeness (QED) is 0.722. The van der Waals surface area contributed by atoms with E-state index in [0.29, 0.717) is 5.56 Å². The summed E-state index contributed by atoms with van der Waals surface area (Å²) in [7, 11) is 0. The Hall–Kier alpha value is -0.510. The van der Waals surface area contributed by atoms with E-state index in [2.05, 4.69) is 0 Å². The van der Waals surface area contributed by atoms with Crippen LogP contribution < -0.4 is 5.73 Å². The number of aliphatic hydroxyl groups is 1. The van der Waals surface area contributed by atoms with Crippen LogP contribution >= 0.6 is 24.0 Å². The lowest BCUT2D eigenvalue weighted by molar-refractivity contribution is 0.200. The smallest absolute Gasteiger partial charge is 0.143 e. The third-order valence-corrected chi connectivity index (χ3v) is 2.00. The second-order valence-electron chi connectivity index (χ2n) is 2.54. The van der Waals surface area contributed by atoms with Gasteiger partial charge in [-0.3, -0.25) is 0 Å². The van der Waals surface area contributed by atoms with Crippen molar-refractivity contribution in [3.05, 3.63) is 28.5 Å². The normalized spacial score (nSPS) is 12.0. The maximum absolute atomic E-state index is 12.7. The van der Waals surface area contributed by atoms with Crippen LogP contribution in [0.4, 0.5) is 10.1 Å². The number of hydrogen-bond donors (Lipinski definition) is 2. The zero-order chi connectivity index (χ0) is 9.30. The van der Waals surface area contributed by atoms with Gasteiger partial charge in [-0.1, -0.05) is 17.7 Å². The van der Waals surface area contributed by atoms with Crippen molar-refractivity contribution in [2.75, 3.05) is 5.73 Å². The Morgan fingerprint density at radius 3 is 2.54 bits per heavy atom. The average molecular weight is 226 g/mol. The summed E-state index contributed by atoms with van der Waals surface area (Å²) in [5, 5.41) is 9.03. The number of nitrogens with two attached hydrogens (primary N) is 1. The van der Waals surface area contributed by atoms with Crippen molar-refractivity contribution in [1.29, 1.82) is 0 Å². The van der Waals surface area contributed by atoms with Gasteiger partial charge in [-0.05, 0) is 13.0 Å². The van der Waals surface area contributed by atoms with Crippen LogP contribution in [0.25, 0.3) is 0 Å². The lowest BCUT2D eigenvalue weighted by Gasteiger charge is -2.09. The largest absolute Gasteiger partial charge is 0.397 e. The minimum Gasteiger partial charge on any atom is -0.397 e. The fraction of sp³-hybridized carbons (Fsp3) is 0.250. The van der Waals surface area contributed by atoms with Crippen LogP contribution in [0.1, 0.15) is 18.6 Å². The van der Waals surface area contributed by atoms with Gasteiger partial charge in [0, 0.05) is 5.56 Å². The standard InChI is InChI=1S/C8H9ClFNO.ClH/c1-4(12)5-2-3-6(10)7(9)8(5)11;/h2-4,12H,11H2,1H3;1H/t4-;/m0./s1. The Morgan fingerprint density at radius 2 is 2.08 bits per heavy atom. The zero-order valence-electron chi connectivity index (χ0n) is 6.92. The van der Waals surface area contributed by atoms with Crippen LogP contribution in [0.3, 0.4) is 0 Å². The third kappa shape index (κ3) is 2.46. The van der Waals surface area contributed by atoms with Crippen molar-refractivity contribution >= 4 is 29.7 Å². The van der Waals surface area contributed by atoms with Gasteiger partial charge in [-0.2, -0.15) is 0 Å². The molecular formula is C8H10Cl2FNO. The van der Waals surface area contributed by atoms with Gasteiger partial charge in [0.05, 0.1) is 16.8 Å². The first-order valence-electron chi connectivity index (χ1n) is 3.45. The molecule has 0 aliphatic heterocycles. The van der Waals surface area contributed by atoms with Gasteiger partial charge in [0.1, 0.15) is 5.82 Å². The maximum atomic E-state index is 12.7. The first-order chi connectivity index (χ1) is 5.54. The fourth-order valence-corrected chi connectivity index (χ4v) is 1.12. The summed E-state index contributed by atoms with van der Waals surface area (Å²) in [6.45, 7) is 1.54. The number of hydrogen-bond acceptors (Lipinski definition) is 2. The van der Waals surface area contributed by atoms with E-state index in [-0.39, 0.29) is 23.1 Å². The Morgan fingerprint density at radius 1 is 1.54 bits per heavy atom. The van der Waals surface area contributed by atoms with E-state index in [9.17, 15) is 4.39 Å². The van der Waals surface area contributed by atoms with E-state index in [4.69, 9.17) is 22.4 Å². The Labute approximate surface area is 86.9 Å². The summed E-state index contributed by atoms with van der Waals surface area (Å²) >= 11 is 5.52. The molecule has 0 bridgehead atoms. The third-order valence-electron chi connectivity index (χ3n) is 1.62. The van der Waals surface area contributed by atoms with E-state index in [1.165, 1.54) is 12.1 Å². The van der Waals surface area contributed by atoms with Crippen molar-refractivity contribution in [2.24, 2.45) is 0 Å². The summed E-state index contributed by atoms with van der Waals surface area (Å²) in [5.41, 5.74) is 6.00. The molecule has 0 radical (unpaired) electrons. The van der Waals surface area contributed by atoms with Crippen molar-refractivity contribution in [3.8, 4) is 0 Å². The molecule has 1 rings (SSSR count). The van der Waals surface area contributed by atoms with E-state index < -0.39 is 11.9 Å². The molecule has 5 heteroatoms. The van der Waals surface area contributed by atoms with Crippen molar-refractivity contribution in [1.82, 2.24) is 0 Å². The Balaban J connectivity index is 0.00000144. The fourth-order valence-electron chi connectivity index (χ4n) is 0.946. The van der Waals surface area contributed by atoms with Gasteiger partial charge in [0.25, 0.3) is 0 Å². The average Bonchev–Trinajstić information content (AvgIpc) is 2.00. The van der Waals surface area contributed by atoms with Crippen molar-refractivity contribution in [2.45, 2.75) is 13.0 Å². The number of rotatable bonds is 1. The van der Waals surface area contributed by atoms with Crippen molar-refractivity contribution < 1.29 is 9.50 Å². The molecule has 3 N–H and O–H groups in total. The Kier molecular flexibility index (Phi) is 4.47. The van der Waals surface area contributed by atoms with Gasteiger partial charge < -0.3 is 10.8 Å². The van der Waals surface area contributed by atoms with Crippen molar-refractivity contribution in [3.63, 3.8) is 0 Å². The van der Waals surface area contributed by atoms with E-state index in [1.807, 2.05) is 0 Å². The van der Waals surface area contributed by atoms with Gasteiger partial charge in [0.2, 0.25) is 0 Å². The summed E-state index contributed by atoms with van der Waals surface area (Å²) in [4.78, 5) is 0. The minimum absolute atomic E-state index is 0. The molecule has 0 aliphatic rings. The summed E-state index contributed by atoms with van der Waals surface area (Å²) < 4.78 is 12.7. The van der Waals surface area contributed by atoms with E-state index in [0.717, 1.165) is 0 Å². The topological polar surface area (TPSA) is 46.2 Å². The zero-order valence-corrected chi connectivity index (χ0v) is 8.49. The number of benzene rings is 1. The molecule has 74 valence electrons. The number of nitrogen functional groups attached to an aromatic ring is 1. The Bertz CT molecular complexity index is 304. The molecule has 1 aromatic carbocycles. The molecular weight excluding hydrogens is 216 g/mol. The van der Waals surface area contributed by atoms with Crippen LogP contribution in [0, 0.1) is 5.82 Å². The van der Waals surface area contributed by atoms with Gasteiger partial charge in [-0.25, -0.2) is 4.39 Å². The SMILES string of the molecule is C[C@H](O)c1ccc(F)c(Cl)c1N.Cl. The monoisotopic (exact) mass is 225 g/mol. The van der Waals surface area contributed by atoms with Crippen LogP contribution in [-0.4, -0.2) is 5.11 Å². The van der Waals surface area contributed by atoms with E-state index in [1.54, 1.807) is 6.92 Å².